The van der Waals surface area contributed by atoms with Crippen LogP contribution in [-0.4, -0.2) is 22.0 Å². The molecule has 2 N–H and O–H groups in total. The predicted octanol–water partition coefficient (Wildman–Crippen LogP) is 1.66. The minimum atomic E-state index is -3.35. The SMILES string of the molecule is CNS(=O)(=O)c1cccc([C@H]2CC[C@H](C)CN2)c1. The number of hydrogen-bond acceptors (Lipinski definition) is 3. The Morgan fingerprint density at radius 2 is 2.11 bits per heavy atom. The van der Waals surface area contributed by atoms with Gasteiger partial charge in [0, 0.05) is 6.04 Å². The van der Waals surface area contributed by atoms with Crippen molar-refractivity contribution in [2.75, 3.05) is 13.6 Å². The number of rotatable bonds is 3. The van der Waals surface area contributed by atoms with Crippen LogP contribution in [0.25, 0.3) is 0 Å². The third kappa shape index (κ3) is 2.91. The second-order valence-corrected chi connectivity index (χ2v) is 6.81. The second-order valence-electron chi connectivity index (χ2n) is 4.92. The van der Waals surface area contributed by atoms with E-state index in [0.29, 0.717) is 10.8 Å². The molecule has 2 rings (SSSR count). The first-order chi connectivity index (χ1) is 8.53. The Morgan fingerprint density at radius 3 is 2.72 bits per heavy atom. The molecule has 0 unspecified atom stereocenters. The Bertz CT molecular complexity index is 505. The molecule has 1 aromatic carbocycles. The predicted molar refractivity (Wildman–Crippen MR) is 71.8 cm³/mol. The summed E-state index contributed by atoms with van der Waals surface area (Å²) in [5, 5.41) is 3.47. The average molecular weight is 268 g/mol. The highest BCUT2D eigenvalue weighted by atomic mass is 32.2. The zero-order valence-electron chi connectivity index (χ0n) is 10.8. The van der Waals surface area contributed by atoms with Crippen molar-refractivity contribution in [3.8, 4) is 0 Å². The van der Waals surface area contributed by atoms with Gasteiger partial charge in [-0.05, 0) is 50.0 Å². The van der Waals surface area contributed by atoms with Crippen molar-refractivity contribution in [2.24, 2.45) is 5.92 Å². The van der Waals surface area contributed by atoms with Gasteiger partial charge in [-0.15, -0.1) is 0 Å². The Balaban J connectivity index is 2.23. The summed E-state index contributed by atoms with van der Waals surface area (Å²) in [6, 6.07) is 7.45. The van der Waals surface area contributed by atoms with Crippen molar-refractivity contribution in [2.45, 2.75) is 30.7 Å². The highest BCUT2D eigenvalue weighted by Crippen LogP contribution is 2.26. The number of sulfonamides is 1. The molecule has 1 saturated heterocycles. The minimum Gasteiger partial charge on any atom is -0.310 e. The lowest BCUT2D eigenvalue weighted by atomic mass is 9.92. The van der Waals surface area contributed by atoms with Crippen LogP contribution in [0.2, 0.25) is 0 Å². The van der Waals surface area contributed by atoms with Crippen LogP contribution in [0, 0.1) is 5.92 Å². The summed E-state index contributed by atoms with van der Waals surface area (Å²) < 4.78 is 25.9. The van der Waals surface area contributed by atoms with Crippen molar-refractivity contribution in [3.63, 3.8) is 0 Å². The van der Waals surface area contributed by atoms with Gasteiger partial charge in [0.2, 0.25) is 10.0 Å². The van der Waals surface area contributed by atoms with Crippen LogP contribution in [-0.2, 0) is 10.0 Å². The maximum Gasteiger partial charge on any atom is 0.240 e. The fourth-order valence-corrected chi connectivity index (χ4v) is 3.08. The summed E-state index contributed by atoms with van der Waals surface area (Å²) in [5.74, 6) is 0.700. The van der Waals surface area contributed by atoms with E-state index in [1.54, 1.807) is 18.2 Å². The zero-order valence-corrected chi connectivity index (χ0v) is 11.6. The maximum atomic E-state index is 11.8. The van der Waals surface area contributed by atoms with Gasteiger partial charge >= 0.3 is 0 Å². The quantitative estimate of drug-likeness (QED) is 0.876. The van der Waals surface area contributed by atoms with Gasteiger partial charge in [-0.25, -0.2) is 13.1 Å². The Kier molecular flexibility index (Phi) is 4.04. The molecule has 1 aromatic rings. The molecule has 2 atom stereocenters. The number of nitrogens with one attached hydrogen (secondary N) is 2. The summed E-state index contributed by atoms with van der Waals surface area (Å²) in [6.45, 7) is 3.22. The van der Waals surface area contributed by atoms with Crippen LogP contribution in [0.1, 0.15) is 31.4 Å². The van der Waals surface area contributed by atoms with Crippen molar-refractivity contribution >= 4 is 10.0 Å². The van der Waals surface area contributed by atoms with E-state index in [9.17, 15) is 8.42 Å². The molecule has 0 radical (unpaired) electrons. The van der Waals surface area contributed by atoms with E-state index in [4.69, 9.17) is 0 Å². The Labute approximate surface area is 109 Å². The summed E-state index contributed by atoms with van der Waals surface area (Å²) in [5.41, 5.74) is 1.05. The van der Waals surface area contributed by atoms with Crippen LogP contribution >= 0.6 is 0 Å². The van der Waals surface area contributed by atoms with Crippen molar-refractivity contribution in [1.29, 1.82) is 0 Å². The second kappa shape index (κ2) is 5.38. The molecule has 1 aliphatic rings. The lowest BCUT2D eigenvalue weighted by molar-refractivity contribution is 0.332. The molecule has 0 aromatic heterocycles. The molecule has 0 aliphatic carbocycles. The number of hydrogen-bond donors (Lipinski definition) is 2. The highest BCUT2D eigenvalue weighted by Gasteiger charge is 2.20. The maximum absolute atomic E-state index is 11.8. The first-order valence-electron chi connectivity index (χ1n) is 6.30. The largest absolute Gasteiger partial charge is 0.310 e. The van der Waals surface area contributed by atoms with Crippen LogP contribution in [0.15, 0.2) is 29.2 Å². The fraction of sp³-hybridized carbons (Fsp3) is 0.538. The van der Waals surface area contributed by atoms with Crippen LogP contribution in [0.3, 0.4) is 0 Å². The Hall–Kier alpha value is -0.910. The van der Waals surface area contributed by atoms with Crippen molar-refractivity contribution in [1.82, 2.24) is 10.0 Å². The smallest absolute Gasteiger partial charge is 0.240 e. The minimum absolute atomic E-state index is 0.271. The summed E-state index contributed by atoms with van der Waals surface area (Å²) in [7, 11) is -1.91. The number of benzene rings is 1. The van der Waals surface area contributed by atoms with E-state index in [2.05, 4.69) is 17.0 Å². The van der Waals surface area contributed by atoms with E-state index < -0.39 is 10.0 Å². The molecule has 1 heterocycles. The number of piperidine rings is 1. The summed E-state index contributed by atoms with van der Waals surface area (Å²) in [6.07, 6.45) is 2.24. The van der Waals surface area contributed by atoms with Gasteiger partial charge in [-0.1, -0.05) is 19.1 Å². The van der Waals surface area contributed by atoms with Crippen LogP contribution < -0.4 is 10.0 Å². The third-order valence-electron chi connectivity index (χ3n) is 3.50. The average Bonchev–Trinajstić information content (AvgIpc) is 2.40. The summed E-state index contributed by atoms with van der Waals surface area (Å²) >= 11 is 0. The molecular weight excluding hydrogens is 248 g/mol. The standard InChI is InChI=1S/C13H20N2O2S/c1-10-6-7-13(15-9-10)11-4-3-5-12(8-11)18(16,17)14-2/h3-5,8,10,13-15H,6-7,9H2,1-2H3/t10-,13+/m0/s1. The van der Waals surface area contributed by atoms with Crippen LogP contribution in [0.5, 0.6) is 0 Å². The van der Waals surface area contributed by atoms with Gasteiger partial charge in [-0.2, -0.15) is 0 Å². The van der Waals surface area contributed by atoms with Gasteiger partial charge < -0.3 is 5.32 Å². The van der Waals surface area contributed by atoms with Gasteiger partial charge in [0.1, 0.15) is 0 Å². The normalized spacial score (nSPS) is 25.0. The summed E-state index contributed by atoms with van der Waals surface area (Å²) in [4.78, 5) is 0.336. The topological polar surface area (TPSA) is 58.2 Å². The fourth-order valence-electron chi connectivity index (χ4n) is 2.30. The molecule has 4 nitrogen and oxygen atoms in total. The first kappa shape index (κ1) is 13.5. The van der Waals surface area contributed by atoms with Gasteiger partial charge in [0.05, 0.1) is 4.90 Å². The molecular formula is C13H20N2O2S. The highest BCUT2D eigenvalue weighted by molar-refractivity contribution is 7.89. The van der Waals surface area contributed by atoms with Crippen molar-refractivity contribution in [3.05, 3.63) is 29.8 Å². The molecule has 0 bridgehead atoms. The van der Waals surface area contributed by atoms with E-state index in [-0.39, 0.29) is 6.04 Å². The zero-order chi connectivity index (χ0) is 13.2. The Morgan fingerprint density at radius 1 is 1.33 bits per heavy atom. The van der Waals surface area contributed by atoms with Crippen molar-refractivity contribution < 1.29 is 8.42 Å². The molecule has 18 heavy (non-hydrogen) atoms. The van der Waals surface area contributed by atoms with Gasteiger partial charge in [0.25, 0.3) is 0 Å². The van der Waals surface area contributed by atoms with E-state index >= 15 is 0 Å². The van der Waals surface area contributed by atoms with E-state index in [1.807, 2.05) is 6.07 Å². The van der Waals surface area contributed by atoms with Crippen LogP contribution in [0.4, 0.5) is 0 Å². The molecule has 0 amide bonds. The molecule has 100 valence electrons. The molecule has 1 aliphatic heterocycles. The van der Waals surface area contributed by atoms with E-state index in [0.717, 1.165) is 18.5 Å². The lowest BCUT2D eigenvalue weighted by Gasteiger charge is -2.28. The monoisotopic (exact) mass is 268 g/mol. The van der Waals surface area contributed by atoms with Gasteiger partial charge in [0.15, 0.2) is 0 Å². The molecule has 1 fully saturated rings. The lowest BCUT2D eigenvalue weighted by Crippen LogP contribution is -2.32. The van der Waals surface area contributed by atoms with E-state index in [1.165, 1.54) is 13.5 Å². The molecule has 0 spiro atoms. The molecule has 5 heteroatoms. The third-order valence-corrected chi connectivity index (χ3v) is 4.91. The first-order valence-corrected chi connectivity index (χ1v) is 7.78. The van der Waals surface area contributed by atoms with Gasteiger partial charge in [-0.3, -0.25) is 0 Å². The molecule has 0 saturated carbocycles.